The van der Waals surface area contributed by atoms with Crippen molar-refractivity contribution in [2.24, 2.45) is 0 Å². The van der Waals surface area contributed by atoms with Crippen LogP contribution in [0.2, 0.25) is 0 Å². The molecule has 1 aliphatic rings. The molecule has 0 radical (unpaired) electrons. The van der Waals surface area contributed by atoms with Gasteiger partial charge in [-0.2, -0.15) is 0 Å². The number of hydrogen-bond acceptors (Lipinski definition) is 5. The van der Waals surface area contributed by atoms with Crippen LogP contribution in [0.15, 0.2) is 35.5 Å². The number of hydrogen-bond donors (Lipinski definition) is 2. The van der Waals surface area contributed by atoms with Crippen LogP contribution in [0.1, 0.15) is 29.8 Å². The Morgan fingerprint density at radius 2 is 1.96 bits per heavy atom. The van der Waals surface area contributed by atoms with Crippen molar-refractivity contribution in [1.82, 2.24) is 10.6 Å². The van der Waals surface area contributed by atoms with Gasteiger partial charge in [-0.1, -0.05) is 17.7 Å². The molecule has 128 valence electrons. The molecule has 2 amide bonds. The van der Waals surface area contributed by atoms with E-state index >= 15 is 0 Å². The molecule has 1 aromatic carbocycles. The summed E-state index contributed by atoms with van der Waals surface area (Å²) in [5.41, 5.74) is 1.81. The van der Waals surface area contributed by atoms with E-state index in [1.165, 1.54) is 0 Å². The van der Waals surface area contributed by atoms with E-state index < -0.39 is 24.0 Å². The van der Waals surface area contributed by atoms with Gasteiger partial charge in [0.05, 0.1) is 29.5 Å². The number of esters is 2. The van der Waals surface area contributed by atoms with E-state index in [2.05, 4.69) is 10.6 Å². The molecule has 0 bridgehead atoms. The number of amides is 2. The Labute approximate surface area is 140 Å². The lowest BCUT2D eigenvalue weighted by Crippen LogP contribution is -2.50. The van der Waals surface area contributed by atoms with Crippen LogP contribution < -0.4 is 10.6 Å². The van der Waals surface area contributed by atoms with Crippen LogP contribution in [0.25, 0.3) is 0 Å². The number of carbonyl (C=O) groups is 3. The third-order valence-electron chi connectivity index (χ3n) is 3.47. The van der Waals surface area contributed by atoms with Crippen LogP contribution in [0, 0.1) is 6.92 Å². The fourth-order valence-electron chi connectivity index (χ4n) is 2.39. The van der Waals surface area contributed by atoms with Gasteiger partial charge in [-0.3, -0.25) is 0 Å². The van der Waals surface area contributed by atoms with Crippen molar-refractivity contribution < 1.29 is 23.9 Å². The largest absolute Gasteiger partial charge is 0.463 e. The van der Waals surface area contributed by atoms with Crippen LogP contribution in [0.3, 0.4) is 0 Å². The molecular formula is C17H20N2O5. The van der Waals surface area contributed by atoms with Crippen LogP contribution in [-0.4, -0.2) is 37.2 Å². The zero-order valence-electron chi connectivity index (χ0n) is 13.8. The van der Waals surface area contributed by atoms with E-state index in [0.29, 0.717) is 5.56 Å². The summed E-state index contributed by atoms with van der Waals surface area (Å²) in [7, 11) is 0. The van der Waals surface area contributed by atoms with Crippen LogP contribution in [0.4, 0.5) is 4.79 Å². The van der Waals surface area contributed by atoms with Crippen LogP contribution in [0.5, 0.6) is 0 Å². The first-order chi connectivity index (χ1) is 11.4. The first-order valence-corrected chi connectivity index (χ1v) is 7.63. The lowest BCUT2D eigenvalue weighted by atomic mass is 10.0. The normalized spacial score (nSPS) is 17.0. The molecule has 0 aliphatic carbocycles. The predicted octanol–water partition coefficient (Wildman–Crippen LogP) is 1.67. The maximum Gasteiger partial charge on any atom is 0.338 e. The maximum absolute atomic E-state index is 12.1. The number of aryl methyl sites for hydroxylation is 1. The van der Waals surface area contributed by atoms with Crippen molar-refractivity contribution in [2.45, 2.75) is 26.8 Å². The summed E-state index contributed by atoms with van der Waals surface area (Å²) in [6.07, 6.45) is 0. The number of nitrogens with one attached hydrogen (secondary N) is 2. The second kappa shape index (κ2) is 7.63. The Bertz CT molecular complexity index is 696. The molecule has 1 heterocycles. The monoisotopic (exact) mass is 332 g/mol. The summed E-state index contributed by atoms with van der Waals surface area (Å²) in [5, 5.41) is 5.08. The summed E-state index contributed by atoms with van der Waals surface area (Å²) < 4.78 is 10.2. The molecule has 0 spiro atoms. The van der Waals surface area contributed by atoms with E-state index in [1.54, 1.807) is 32.0 Å². The standard InChI is InChI=1S/C17H20N2O5/c1-4-23-16(21)14-11(3)18-17(22)19-13(14)9-24-15(20)12-7-5-6-10(2)8-12/h5-8,11H,4,9H2,1-3H3,(H2,18,19,22)/t11-/m0/s1. The van der Waals surface area contributed by atoms with Gasteiger partial charge in [0.25, 0.3) is 0 Å². The Hall–Kier alpha value is -2.83. The van der Waals surface area contributed by atoms with Crippen molar-refractivity contribution in [2.75, 3.05) is 13.2 Å². The summed E-state index contributed by atoms with van der Waals surface area (Å²) >= 11 is 0. The van der Waals surface area contributed by atoms with Gasteiger partial charge in [0, 0.05) is 0 Å². The zero-order chi connectivity index (χ0) is 17.7. The van der Waals surface area contributed by atoms with E-state index in [0.717, 1.165) is 5.56 Å². The number of benzene rings is 1. The highest BCUT2D eigenvalue weighted by molar-refractivity contribution is 5.95. The fraction of sp³-hybridized carbons (Fsp3) is 0.353. The molecule has 2 rings (SSSR count). The molecule has 1 aromatic rings. The molecule has 1 aliphatic heterocycles. The zero-order valence-corrected chi connectivity index (χ0v) is 13.8. The van der Waals surface area contributed by atoms with Crippen molar-refractivity contribution in [1.29, 1.82) is 0 Å². The first-order valence-electron chi connectivity index (χ1n) is 7.63. The predicted molar refractivity (Wildman–Crippen MR) is 86.2 cm³/mol. The molecule has 0 saturated carbocycles. The number of carbonyl (C=O) groups excluding carboxylic acids is 3. The van der Waals surface area contributed by atoms with E-state index in [-0.39, 0.29) is 24.5 Å². The molecule has 7 heteroatoms. The Morgan fingerprint density at radius 3 is 2.62 bits per heavy atom. The average Bonchev–Trinajstić information content (AvgIpc) is 2.52. The molecule has 0 unspecified atom stereocenters. The van der Waals surface area contributed by atoms with Crippen LogP contribution >= 0.6 is 0 Å². The number of rotatable bonds is 5. The van der Waals surface area contributed by atoms with Gasteiger partial charge in [-0.25, -0.2) is 14.4 Å². The second-order valence-electron chi connectivity index (χ2n) is 5.38. The second-order valence-corrected chi connectivity index (χ2v) is 5.38. The number of ether oxygens (including phenoxy) is 2. The van der Waals surface area contributed by atoms with Gasteiger partial charge in [-0.05, 0) is 32.9 Å². The summed E-state index contributed by atoms with van der Waals surface area (Å²) in [6, 6.07) is 5.96. The van der Waals surface area contributed by atoms with Crippen LogP contribution in [-0.2, 0) is 14.3 Å². The van der Waals surface area contributed by atoms with Gasteiger partial charge >= 0.3 is 18.0 Å². The minimum Gasteiger partial charge on any atom is -0.463 e. The fourth-order valence-corrected chi connectivity index (χ4v) is 2.39. The van der Waals surface area contributed by atoms with Crippen molar-refractivity contribution >= 4 is 18.0 Å². The molecule has 0 aromatic heterocycles. The Morgan fingerprint density at radius 1 is 1.21 bits per heavy atom. The van der Waals surface area contributed by atoms with Crippen molar-refractivity contribution in [3.8, 4) is 0 Å². The highest BCUT2D eigenvalue weighted by Gasteiger charge is 2.30. The molecule has 24 heavy (non-hydrogen) atoms. The smallest absolute Gasteiger partial charge is 0.338 e. The van der Waals surface area contributed by atoms with Gasteiger partial charge in [0.15, 0.2) is 0 Å². The molecule has 0 saturated heterocycles. The van der Waals surface area contributed by atoms with Gasteiger partial charge in [0.2, 0.25) is 0 Å². The average molecular weight is 332 g/mol. The van der Waals surface area contributed by atoms with Crippen molar-refractivity contribution in [3.63, 3.8) is 0 Å². The van der Waals surface area contributed by atoms with E-state index in [4.69, 9.17) is 9.47 Å². The topological polar surface area (TPSA) is 93.7 Å². The lowest BCUT2D eigenvalue weighted by Gasteiger charge is -2.26. The van der Waals surface area contributed by atoms with Gasteiger partial charge < -0.3 is 20.1 Å². The highest BCUT2D eigenvalue weighted by Crippen LogP contribution is 2.15. The molecule has 7 nitrogen and oxygen atoms in total. The summed E-state index contributed by atoms with van der Waals surface area (Å²) in [4.78, 5) is 35.8. The molecule has 1 atom stereocenters. The van der Waals surface area contributed by atoms with Gasteiger partial charge in [-0.15, -0.1) is 0 Å². The molecular weight excluding hydrogens is 312 g/mol. The SMILES string of the molecule is CCOC(=O)C1=C(COC(=O)c2cccc(C)c2)NC(=O)N[C@H]1C. The summed E-state index contributed by atoms with van der Waals surface area (Å²) in [5.74, 6) is -1.09. The first kappa shape index (κ1) is 17.5. The Kier molecular flexibility index (Phi) is 5.57. The van der Waals surface area contributed by atoms with Crippen molar-refractivity contribution in [3.05, 3.63) is 46.7 Å². The van der Waals surface area contributed by atoms with E-state index in [9.17, 15) is 14.4 Å². The third-order valence-corrected chi connectivity index (χ3v) is 3.47. The maximum atomic E-state index is 12.1. The quantitative estimate of drug-likeness (QED) is 0.800. The van der Waals surface area contributed by atoms with E-state index in [1.807, 2.05) is 13.0 Å². The molecule has 0 fully saturated rings. The summed E-state index contributed by atoms with van der Waals surface area (Å²) in [6.45, 7) is 5.20. The molecule has 2 N–H and O–H groups in total. The minimum atomic E-state index is -0.556. The number of urea groups is 1. The lowest BCUT2D eigenvalue weighted by molar-refractivity contribution is -0.139. The minimum absolute atomic E-state index is 0.208. The third kappa shape index (κ3) is 4.13. The highest BCUT2D eigenvalue weighted by atomic mass is 16.5. The van der Waals surface area contributed by atoms with Gasteiger partial charge in [0.1, 0.15) is 6.61 Å². The Balaban J connectivity index is 2.17.